The third-order valence-electron chi connectivity index (χ3n) is 2.07. The molecule has 0 atom stereocenters. The van der Waals surface area contributed by atoms with E-state index in [-0.39, 0.29) is 5.54 Å². The van der Waals surface area contributed by atoms with Crippen LogP contribution in [0.15, 0.2) is 23.3 Å². The van der Waals surface area contributed by atoms with Crippen molar-refractivity contribution >= 4 is 5.69 Å². The summed E-state index contributed by atoms with van der Waals surface area (Å²) in [6, 6.07) is 5.78. The smallest absolute Gasteiger partial charge is 0.0882 e. The van der Waals surface area contributed by atoms with Crippen molar-refractivity contribution in [3.63, 3.8) is 0 Å². The van der Waals surface area contributed by atoms with Crippen LogP contribution in [0, 0.1) is 12.5 Å². The van der Waals surface area contributed by atoms with Gasteiger partial charge in [0.25, 0.3) is 0 Å². The van der Waals surface area contributed by atoms with E-state index in [1.54, 1.807) is 0 Å². The third kappa shape index (κ3) is 2.12. The average molecular weight is 177 g/mol. The van der Waals surface area contributed by atoms with Gasteiger partial charge in [-0.2, -0.15) is 5.11 Å². The SMILES string of the molecule is Cc1ccc(C(C)(C)N)cc1N=N. The van der Waals surface area contributed by atoms with Crippen LogP contribution in [-0.2, 0) is 5.54 Å². The highest BCUT2D eigenvalue weighted by atomic mass is 15.0. The van der Waals surface area contributed by atoms with Crippen LogP contribution in [0.1, 0.15) is 25.0 Å². The topological polar surface area (TPSA) is 62.2 Å². The van der Waals surface area contributed by atoms with E-state index >= 15 is 0 Å². The van der Waals surface area contributed by atoms with Gasteiger partial charge in [0.1, 0.15) is 0 Å². The zero-order valence-corrected chi connectivity index (χ0v) is 8.26. The van der Waals surface area contributed by atoms with Gasteiger partial charge in [0.2, 0.25) is 0 Å². The number of hydrogen-bond acceptors (Lipinski definition) is 3. The molecule has 3 heteroatoms. The number of nitrogens with one attached hydrogen (secondary N) is 1. The average Bonchev–Trinajstić information content (AvgIpc) is 2.03. The van der Waals surface area contributed by atoms with Crippen molar-refractivity contribution in [2.75, 3.05) is 0 Å². The van der Waals surface area contributed by atoms with Crippen LogP contribution in [-0.4, -0.2) is 0 Å². The standard InChI is InChI=1S/C10H15N3/c1-7-4-5-8(10(2,3)11)6-9(7)13-12/h4-6,12H,11H2,1-3H3. The van der Waals surface area contributed by atoms with Crippen molar-refractivity contribution in [1.82, 2.24) is 0 Å². The van der Waals surface area contributed by atoms with Crippen LogP contribution >= 0.6 is 0 Å². The lowest BCUT2D eigenvalue weighted by Crippen LogP contribution is -2.28. The maximum atomic E-state index is 6.97. The van der Waals surface area contributed by atoms with E-state index in [4.69, 9.17) is 11.3 Å². The van der Waals surface area contributed by atoms with Gasteiger partial charge in [-0.05, 0) is 38.0 Å². The first kappa shape index (κ1) is 9.86. The zero-order valence-electron chi connectivity index (χ0n) is 8.26. The molecule has 0 aliphatic rings. The van der Waals surface area contributed by atoms with E-state index in [9.17, 15) is 0 Å². The van der Waals surface area contributed by atoms with Crippen LogP contribution in [0.3, 0.4) is 0 Å². The molecule has 3 N–H and O–H groups in total. The summed E-state index contributed by atoms with van der Waals surface area (Å²) in [4.78, 5) is 0. The summed E-state index contributed by atoms with van der Waals surface area (Å²) >= 11 is 0. The lowest BCUT2D eigenvalue weighted by Gasteiger charge is -2.19. The molecule has 0 spiro atoms. The van der Waals surface area contributed by atoms with Gasteiger partial charge in [0, 0.05) is 5.54 Å². The Balaban J connectivity index is 3.21. The molecular weight excluding hydrogens is 162 g/mol. The highest BCUT2D eigenvalue weighted by Crippen LogP contribution is 2.25. The Hall–Kier alpha value is -1.22. The molecule has 0 bridgehead atoms. The van der Waals surface area contributed by atoms with Gasteiger partial charge in [-0.15, -0.1) is 0 Å². The van der Waals surface area contributed by atoms with E-state index < -0.39 is 0 Å². The summed E-state index contributed by atoms with van der Waals surface area (Å²) in [6.45, 7) is 5.80. The molecule has 1 rings (SSSR count). The van der Waals surface area contributed by atoms with Crippen LogP contribution in [0.25, 0.3) is 0 Å². The van der Waals surface area contributed by atoms with Gasteiger partial charge >= 0.3 is 0 Å². The van der Waals surface area contributed by atoms with Crippen LogP contribution in [0.2, 0.25) is 0 Å². The molecule has 0 heterocycles. The monoisotopic (exact) mass is 177 g/mol. The lowest BCUT2D eigenvalue weighted by molar-refractivity contribution is 0.554. The van der Waals surface area contributed by atoms with Gasteiger partial charge in [-0.1, -0.05) is 12.1 Å². The van der Waals surface area contributed by atoms with Crippen LogP contribution in [0.5, 0.6) is 0 Å². The molecule has 0 amide bonds. The third-order valence-corrected chi connectivity index (χ3v) is 2.07. The number of rotatable bonds is 2. The molecule has 0 aromatic heterocycles. The molecule has 0 aliphatic carbocycles. The molecule has 0 radical (unpaired) electrons. The van der Waals surface area contributed by atoms with E-state index in [0.717, 1.165) is 11.1 Å². The molecule has 0 saturated heterocycles. The first-order valence-electron chi connectivity index (χ1n) is 4.22. The summed E-state index contributed by atoms with van der Waals surface area (Å²) in [7, 11) is 0. The van der Waals surface area contributed by atoms with Crippen molar-refractivity contribution in [2.24, 2.45) is 10.8 Å². The highest BCUT2D eigenvalue weighted by Gasteiger charge is 2.14. The highest BCUT2D eigenvalue weighted by molar-refractivity contribution is 5.48. The Bertz CT molecular complexity index is 323. The molecule has 0 fully saturated rings. The molecule has 1 aromatic rings. The predicted molar refractivity (Wildman–Crippen MR) is 53.2 cm³/mol. The van der Waals surface area contributed by atoms with Crippen LogP contribution in [0.4, 0.5) is 5.69 Å². The number of nitrogens with zero attached hydrogens (tertiary/aromatic N) is 1. The molecule has 0 aliphatic heterocycles. The Labute approximate surface area is 78.5 Å². The fraction of sp³-hybridized carbons (Fsp3) is 0.400. The van der Waals surface area contributed by atoms with E-state index in [1.807, 2.05) is 39.0 Å². The molecule has 3 nitrogen and oxygen atoms in total. The van der Waals surface area contributed by atoms with Crippen molar-refractivity contribution in [1.29, 1.82) is 5.53 Å². The summed E-state index contributed by atoms with van der Waals surface area (Å²) < 4.78 is 0. The molecule has 0 saturated carbocycles. The van der Waals surface area contributed by atoms with Gasteiger partial charge < -0.3 is 5.73 Å². The lowest BCUT2D eigenvalue weighted by atomic mass is 9.94. The minimum absolute atomic E-state index is 0.368. The van der Waals surface area contributed by atoms with Crippen LogP contribution < -0.4 is 5.73 Å². The Morgan fingerprint density at radius 2 is 2.00 bits per heavy atom. The summed E-state index contributed by atoms with van der Waals surface area (Å²) in [5, 5.41) is 3.44. The maximum absolute atomic E-state index is 6.97. The molecular formula is C10H15N3. The second-order valence-electron chi connectivity index (χ2n) is 3.83. The first-order valence-corrected chi connectivity index (χ1v) is 4.22. The Kier molecular flexibility index (Phi) is 2.48. The second kappa shape index (κ2) is 3.26. The fourth-order valence-electron chi connectivity index (χ4n) is 1.13. The normalized spacial score (nSPS) is 11.4. The van der Waals surface area contributed by atoms with Gasteiger partial charge in [0.05, 0.1) is 5.69 Å². The zero-order chi connectivity index (χ0) is 10.1. The molecule has 0 unspecified atom stereocenters. The van der Waals surface area contributed by atoms with Gasteiger partial charge in [-0.25, -0.2) is 5.53 Å². The summed E-state index contributed by atoms with van der Waals surface area (Å²) in [5.74, 6) is 0. The van der Waals surface area contributed by atoms with Crippen molar-refractivity contribution in [2.45, 2.75) is 26.3 Å². The number of benzene rings is 1. The van der Waals surface area contributed by atoms with E-state index in [2.05, 4.69) is 5.11 Å². The quantitative estimate of drug-likeness (QED) is 0.670. The van der Waals surface area contributed by atoms with E-state index in [1.165, 1.54) is 0 Å². The molecule has 13 heavy (non-hydrogen) atoms. The van der Waals surface area contributed by atoms with Crippen molar-refractivity contribution in [3.05, 3.63) is 29.3 Å². The Morgan fingerprint density at radius 3 is 2.46 bits per heavy atom. The number of aryl methyl sites for hydroxylation is 1. The molecule has 70 valence electrons. The maximum Gasteiger partial charge on any atom is 0.0882 e. The van der Waals surface area contributed by atoms with Gasteiger partial charge in [0.15, 0.2) is 0 Å². The Morgan fingerprint density at radius 1 is 1.38 bits per heavy atom. The molecule has 1 aromatic carbocycles. The summed E-state index contributed by atoms with van der Waals surface area (Å²) in [5.41, 5.74) is 15.2. The van der Waals surface area contributed by atoms with E-state index in [0.29, 0.717) is 5.69 Å². The minimum atomic E-state index is -0.368. The summed E-state index contributed by atoms with van der Waals surface area (Å²) in [6.07, 6.45) is 0. The predicted octanol–water partition coefficient (Wildman–Crippen LogP) is 2.85. The minimum Gasteiger partial charge on any atom is -0.322 e. The largest absolute Gasteiger partial charge is 0.322 e. The number of hydrogen-bond donors (Lipinski definition) is 2. The van der Waals surface area contributed by atoms with Gasteiger partial charge in [-0.3, -0.25) is 0 Å². The van der Waals surface area contributed by atoms with Crippen molar-refractivity contribution < 1.29 is 0 Å². The number of nitrogens with two attached hydrogens (primary N) is 1. The first-order chi connectivity index (χ1) is 5.95. The van der Waals surface area contributed by atoms with Crippen molar-refractivity contribution in [3.8, 4) is 0 Å². The second-order valence-corrected chi connectivity index (χ2v) is 3.83. The fourth-order valence-corrected chi connectivity index (χ4v) is 1.13.